The van der Waals surface area contributed by atoms with Crippen molar-refractivity contribution in [2.24, 2.45) is 4.99 Å². The van der Waals surface area contributed by atoms with Crippen LogP contribution in [0.2, 0.25) is 0 Å². The van der Waals surface area contributed by atoms with E-state index in [2.05, 4.69) is 43.5 Å². The van der Waals surface area contributed by atoms with Crippen LogP contribution in [0.1, 0.15) is 70.9 Å². The van der Waals surface area contributed by atoms with Crippen molar-refractivity contribution >= 4 is 11.9 Å². The average Bonchev–Trinajstić information content (AvgIpc) is 2.88. The number of nitrogens with one attached hydrogen (secondary N) is 2. The zero-order valence-corrected chi connectivity index (χ0v) is 18.2. The van der Waals surface area contributed by atoms with Crippen LogP contribution >= 0.6 is 0 Å². The van der Waals surface area contributed by atoms with Gasteiger partial charge in [-0.15, -0.1) is 0 Å². The molecule has 1 fully saturated rings. The first kappa shape index (κ1) is 21.5. The molecule has 1 unspecified atom stereocenters. The van der Waals surface area contributed by atoms with Gasteiger partial charge in [0.25, 0.3) is 0 Å². The molecule has 2 heterocycles. The summed E-state index contributed by atoms with van der Waals surface area (Å²) in [6, 6.07) is 8.38. The van der Waals surface area contributed by atoms with Crippen LogP contribution in [-0.2, 0) is 4.79 Å². The van der Waals surface area contributed by atoms with Crippen molar-refractivity contribution in [2.45, 2.75) is 70.9 Å². The Morgan fingerprint density at radius 3 is 2.93 bits per heavy atom. The Bertz CT molecular complexity index is 717. The van der Waals surface area contributed by atoms with Crippen LogP contribution < -0.4 is 15.4 Å². The number of ether oxygens (including phenoxy) is 1. The molecule has 6 heteroatoms. The van der Waals surface area contributed by atoms with E-state index in [1.165, 1.54) is 5.56 Å². The van der Waals surface area contributed by atoms with Crippen molar-refractivity contribution in [3.8, 4) is 5.75 Å². The molecule has 1 amide bonds. The van der Waals surface area contributed by atoms with Crippen LogP contribution in [-0.4, -0.2) is 48.5 Å². The van der Waals surface area contributed by atoms with Gasteiger partial charge in [0.15, 0.2) is 5.96 Å². The number of amides is 1. The number of rotatable bonds is 6. The van der Waals surface area contributed by atoms with Gasteiger partial charge in [-0.3, -0.25) is 9.79 Å². The SMILES string of the molecule is CCNC(=NCCCN1CCCCCC1=O)NC1CC(C)(C)Oc2ccccc21. The lowest BCUT2D eigenvalue weighted by atomic mass is 9.90. The maximum atomic E-state index is 12.1. The molecule has 2 aliphatic heterocycles. The number of hydrogen-bond donors (Lipinski definition) is 2. The molecular weight excluding hydrogens is 364 g/mol. The molecular formula is C23H36N4O2. The van der Waals surface area contributed by atoms with E-state index in [4.69, 9.17) is 9.73 Å². The minimum Gasteiger partial charge on any atom is -0.487 e. The Morgan fingerprint density at radius 2 is 2.10 bits per heavy atom. The second-order valence-electron chi connectivity index (χ2n) is 8.61. The maximum Gasteiger partial charge on any atom is 0.222 e. The van der Waals surface area contributed by atoms with Gasteiger partial charge in [-0.1, -0.05) is 24.6 Å². The summed E-state index contributed by atoms with van der Waals surface area (Å²) in [7, 11) is 0. The number of likely N-dealkylation sites (tertiary alicyclic amines) is 1. The van der Waals surface area contributed by atoms with Crippen LogP contribution in [0.25, 0.3) is 0 Å². The van der Waals surface area contributed by atoms with E-state index in [-0.39, 0.29) is 11.6 Å². The highest BCUT2D eigenvalue weighted by Crippen LogP contribution is 2.39. The van der Waals surface area contributed by atoms with Crippen molar-refractivity contribution in [3.05, 3.63) is 29.8 Å². The summed E-state index contributed by atoms with van der Waals surface area (Å²) >= 11 is 0. The lowest BCUT2D eigenvalue weighted by Gasteiger charge is -2.38. The number of carbonyl (C=O) groups is 1. The van der Waals surface area contributed by atoms with E-state index >= 15 is 0 Å². The van der Waals surface area contributed by atoms with Gasteiger partial charge in [0, 0.05) is 44.6 Å². The van der Waals surface area contributed by atoms with E-state index in [1.807, 2.05) is 17.0 Å². The van der Waals surface area contributed by atoms with E-state index in [9.17, 15) is 4.79 Å². The van der Waals surface area contributed by atoms with Gasteiger partial charge in [0.05, 0.1) is 6.04 Å². The van der Waals surface area contributed by atoms with Gasteiger partial charge in [0.2, 0.25) is 5.91 Å². The second kappa shape index (κ2) is 9.99. The Hall–Kier alpha value is -2.24. The summed E-state index contributed by atoms with van der Waals surface area (Å²) in [4.78, 5) is 18.9. The van der Waals surface area contributed by atoms with Crippen LogP contribution in [0.4, 0.5) is 0 Å². The molecule has 160 valence electrons. The Labute approximate surface area is 175 Å². The predicted molar refractivity (Wildman–Crippen MR) is 117 cm³/mol. The fraction of sp³-hybridized carbons (Fsp3) is 0.652. The number of fused-ring (bicyclic) bond motifs is 1. The Kier molecular flexibility index (Phi) is 7.40. The third kappa shape index (κ3) is 6.12. The molecule has 0 aromatic heterocycles. The zero-order valence-electron chi connectivity index (χ0n) is 18.2. The third-order valence-electron chi connectivity index (χ3n) is 5.56. The highest BCUT2D eigenvalue weighted by molar-refractivity contribution is 5.80. The van der Waals surface area contributed by atoms with Crippen molar-refractivity contribution in [2.75, 3.05) is 26.2 Å². The topological polar surface area (TPSA) is 66.0 Å². The number of benzene rings is 1. The molecule has 2 N–H and O–H groups in total. The van der Waals surface area contributed by atoms with E-state index < -0.39 is 0 Å². The van der Waals surface area contributed by atoms with Gasteiger partial charge in [-0.2, -0.15) is 0 Å². The molecule has 6 nitrogen and oxygen atoms in total. The second-order valence-corrected chi connectivity index (χ2v) is 8.61. The molecule has 3 rings (SSSR count). The molecule has 1 saturated heterocycles. The fourth-order valence-corrected chi connectivity index (χ4v) is 4.14. The van der Waals surface area contributed by atoms with Crippen molar-refractivity contribution in [3.63, 3.8) is 0 Å². The molecule has 1 aromatic rings. The molecule has 2 aliphatic rings. The summed E-state index contributed by atoms with van der Waals surface area (Å²) in [5, 5.41) is 6.97. The summed E-state index contributed by atoms with van der Waals surface area (Å²) in [5.41, 5.74) is 0.948. The predicted octanol–water partition coefficient (Wildman–Crippen LogP) is 3.64. The summed E-state index contributed by atoms with van der Waals surface area (Å²) in [6.45, 7) is 9.54. The molecule has 0 bridgehead atoms. The van der Waals surface area contributed by atoms with Crippen LogP contribution in [0.15, 0.2) is 29.3 Å². The number of para-hydroxylation sites is 1. The highest BCUT2D eigenvalue weighted by atomic mass is 16.5. The average molecular weight is 401 g/mol. The molecule has 0 radical (unpaired) electrons. The first-order valence-corrected chi connectivity index (χ1v) is 11.1. The largest absolute Gasteiger partial charge is 0.487 e. The molecule has 1 aromatic carbocycles. The number of aliphatic imine (C=N–C) groups is 1. The summed E-state index contributed by atoms with van der Waals surface area (Å²) < 4.78 is 6.14. The molecule has 0 spiro atoms. The Balaban J connectivity index is 1.60. The van der Waals surface area contributed by atoms with Gasteiger partial charge < -0.3 is 20.3 Å². The zero-order chi connectivity index (χ0) is 20.7. The lowest BCUT2D eigenvalue weighted by Crippen LogP contribution is -2.45. The highest BCUT2D eigenvalue weighted by Gasteiger charge is 2.33. The summed E-state index contributed by atoms with van der Waals surface area (Å²) in [5.74, 6) is 2.07. The number of hydrogen-bond acceptors (Lipinski definition) is 3. The monoisotopic (exact) mass is 400 g/mol. The quantitative estimate of drug-likeness (QED) is 0.435. The van der Waals surface area contributed by atoms with Gasteiger partial charge in [-0.25, -0.2) is 0 Å². The van der Waals surface area contributed by atoms with Crippen LogP contribution in [0, 0.1) is 0 Å². The van der Waals surface area contributed by atoms with Gasteiger partial charge in [0.1, 0.15) is 11.4 Å². The smallest absolute Gasteiger partial charge is 0.222 e. The number of nitrogens with zero attached hydrogens (tertiary/aromatic N) is 2. The van der Waals surface area contributed by atoms with E-state index in [0.29, 0.717) is 18.9 Å². The van der Waals surface area contributed by atoms with Crippen molar-refractivity contribution in [1.29, 1.82) is 0 Å². The maximum absolute atomic E-state index is 12.1. The number of guanidine groups is 1. The minimum atomic E-state index is -0.226. The molecule has 29 heavy (non-hydrogen) atoms. The number of carbonyl (C=O) groups excluding carboxylic acids is 1. The van der Waals surface area contributed by atoms with E-state index in [1.54, 1.807) is 0 Å². The lowest BCUT2D eigenvalue weighted by molar-refractivity contribution is -0.130. The van der Waals surface area contributed by atoms with Crippen LogP contribution in [0.5, 0.6) is 5.75 Å². The van der Waals surface area contributed by atoms with Crippen molar-refractivity contribution in [1.82, 2.24) is 15.5 Å². The first-order valence-electron chi connectivity index (χ1n) is 11.1. The summed E-state index contributed by atoms with van der Waals surface area (Å²) in [6.07, 6.45) is 5.78. The minimum absolute atomic E-state index is 0.153. The molecule has 0 saturated carbocycles. The van der Waals surface area contributed by atoms with Crippen molar-refractivity contribution < 1.29 is 9.53 Å². The third-order valence-corrected chi connectivity index (χ3v) is 5.56. The normalized spacial score (nSPS) is 21.8. The van der Waals surface area contributed by atoms with Gasteiger partial charge in [-0.05, 0) is 46.1 Å². The van der Waals surface area contributed by atoms with E-state index in [0.717, 1.165) is 63.4 Å². The standard InChI is InChI=1S/C23H36N4O2/c1-4-24-22(25-14-10-16-27-15-9-5-6-13-21(27)28)26-19-17-23(2,3)29-20-12-8-7-11-18(19)20/h7-8,11-12,19H,4-6,9-10,13-17H2,1-3H3,(H2,24,25,26). The first-order chi connectivity index (χ1) is 14.0. The van der Waals surface area contributed by atoms with Crippen LogP contribution in [0.3, 0.4) is 0 Å². The molecule has 1 atom stereocenters. The Morgan fingerprint density at radius 1 is 1.28 bits per heavy atom. The van der Waals surface area contributed by atoms with Gasteiger partial charge >= 0.3 is 0 Å². The fourth-order valence-electron chi connectivity index (χ4n) is 4.14. The molecule has 0 aliphatic carbocycles.